The molecule has 0 bridgehead atoms. The first kappa shape index (κ1) is 47.1. The fourth-order valence-electron chi connectivity index (χ4n) is 7.38. The van der Waals surface area contributed by atoms with E-state index in [9.17, 15) is 52.3 Å². The van der Waals surface area contributed by atoms with Crippen LogP contribution >= 0.6 is 0 Å². The standard InChI is InChI=1S/C31H43N15O15/c1-54-12-4-2-11(3-5-12)10-55-26-16(8-47)57-30(19(23(26)52)41-46-36)59-25-14(39-44-34)6-13(38-43-33)20(49)28(25)61-31-24(53)27(17(9-48)58-31)60-29-18(40-45-35)22(51)21(50)15(56-29)7-37-42-32/h2-5,13-31,47-53H,6-10H2,1H3/t13?,14?,15?,16?,17?,18?,19-,20?,21?,22?,23?,24?,25?,26?,27?,28?,29?,30?,31?/m0/s1. The largest absolute Gasteiger partial charge is 0.497 e. The van der Waals surface area contributed by atoms with Crippen LogP contribution in [0.15, 0.2) is 49.8 Å². The van der Waals surface area contributed by atoms with E-state index in [1.165, 1.54) is 7.11 Å². The molecule has 3 saturated heterocycles. The molecular weight excluding hydrogens is 822 g/mol. The van der Waals surface area contributed by atoms with Crippen molar-refractivity contribution < 1.29 is 73.6 Å². The van der Waals surface area contributed by atoms with Gasteiger partial charge in [-0.05, 0) is 51.8 Å². The molecule has 0 aromatic heterocycles. The number of aliphatic hydroxyl groups excluding tert-OH is 7. The van der Waals surface area contributed by atoms with Gasteiger partial charge in [-0.15, -0.1) is 0 Å². The van der Waals surface area contributed by atoms with Crippen molar-refractivity contribution in [2.75, 3.05) is 26.9 Å². The van der Waals surface area contributed by atoms with Gasteiger partial charge in [0.1, 0.15) is 60.6 Å². The Bertz CT molecular complexity index is 1860. The van der Waals surface area contributed by atoms with Crippen LogP contribution in [0.25, 0.3) is 52.2 Å². The molecule has 0 radical (unpaired) electrons. The van der Waals surface area contributed by atoms with Crippen molar-refractivity contribution in [2.24, 2.45) is 25.6 Å². The number of azide groups is 5. The quantitative estimate of drug-likeness (QED) is 0.0586. The molecular formula is C31H43N15O15. The van der Waals surface area contributed by atoms with E-state index in [2.05, 4.69) is 50.1 Å². The van der Waals surface area contributed by atoms with Crippen LogP contribution in [0, 0.1) is 0 Å². The number of hydrogen-bond acceptors (Lipinski definition) is 20. The lowest BCUT2D eigenvalue weighted by Gasteiger charge is -2.47. The Hall–Kier alpha value is -4.99. The molecule has 3 heterocycles. The summed E-state index contributed by atoms with van der Waals surface area (Å²) in [6.07, 6.45) is -25.3. The minimum Gasteiger partial charge on any atom is -0.497 e. The highest BCUT2D eigenvalue weighted by molar-refractivity contribution is 5.26. The highest BCUT2D eigenvalue weighted by Gasteiger charge is 2.55. The van der Waals surface area contributed by atoms with Crippen molar-refractivity contribution in [2.45, 2.75) is 129 Å². The Morgan fingerprint density at radius 3 is 1.72 bits per heavy atom. The minimum absolute atomic E-state index is 0.0915. The number of nitrogens with zero attached hydrogens (tertiary/aromatic N) is 15. The zero-order chi connectivity index (χ0) is 44.2. The van der Waals surface area contributed by atoms with Gasteiger partial charge < -0.3 is 73.6 Å². The molecule has 5 rings (SSSR count). The van der Waals surface area contributed by atoms with E-state index >= 15 is 0 Å². The third-order valence-corrected chi connectivity index (χ3v) is 10.4. The first-order chi connectivity index (χ1) is 29.5. The van der Waals surface area contributed by atoms with E-state index in [0.29, 0.717) is 11.3 Å². The van der Waals surface area contributed by atoms with Crippen molar-refractivity contribution >= 4 is 0 Å². The van der Waals surface area contributed by atoms with Crippen molar-refractivity contribution in [3.63, 3.8) is 0 Å². The Balaban J connectivity index is 1.41. The van der Waals surface area contributed by atoms with Crippen LogP contribution < -0.4 is 4.74 Å². The van der Waals surface area contributed by atoms with Gasteiger partial charge >= 0.3 is 0 Å². The maximum absolute atomic E-state index is 11.5. The average Bonchev–Trinajstić information content (AvgIpc) is 3.56. The molecule has 30 nitrogen and oxygen atoms in total. The van der Waals surface area contributed by atoms with E-state index in [1.54, 1.807) is 24.3 Å². The van der Waals surface area contributed by atoms with Gasteiger partial charge in [-0.25, -0.2) is 0 Å². The molecule has 0 amide bonds. The summed E-state index contributed by atoms with van der Waals surface area (Å²) in [4.78, 5) is 13.6. The number of methoxy groups -OCH3 is 1. The molecule has 18 unspecified atom stereocenters. The molecule has 30 heteroatoms. The number of aliphatic hydroxyl groups is 7. The van der Waals surface area contributed by atoms with E-state index in [1.807, 2.05) is 0 Å². The van der Waals surface area contributed by atoms with E-state index in [4.69, 9.17) is 49.0 Å². The monoisotopic (exact) mass is 865 g/mol. The van der Waals surface area contributed by atoms with Gasteiger partial charge in [-0.1, -0.05) is 37.7 Å². The zero-order valence-electron chi connectivity index (χ0n) is 31.9. The molecule has 1 aromatic rings. The van der Waals surface area contributed by atoms with Crippen LogP contribution in [-0.2, 0) is 39.8 Å². The molecule has 1 saturated carbocycles. The molecule has 7 N–H and O–H groups in total. The van der Waals surface area contributed by atoms with Crippen LogP contribution in [0.5, 0.6) is 5.75 Å². The summed E-state index contributed by atoms with van der Waals surface area (Å²) in [5.41, 5.74) is 46.8. The van der Waals surface area contributed by atoms with Crippen molar-refractivity contribution in [1.29, 1.82) is 0 Å². The SMILES string of the molecule is COc1ccc(COC2C(CO)OC(OC3C(N=[N+]=[N-])CC(N=[N+]=[N-])C(O)C3OC3OC(CO)C(OC4OC(CN=[N+]=[N-])C(O)C(O)C4N=[N+]=[N-])C3O)[C@@H](N=[N+]=[N-])C2O)cc1. The molecule has 0 spiro atoms. The van der Waals surface area contributed by atoms with Crippen LogP contribution in [0.4, 0.5) is 0 Å². The third kappa shape index (κ3) is 10.7. The van der Waals surface area contributed by atoms with Gasteiger partial charge in [0.25, 0.3) is 0 Å². The summed E-state index contributed by atoms with van der Waals surface area (Å²) in [7, 11) is 1.49. The van der Waals surface area contributed by atoms with E-state index in [0.717, 1.165) is 0 Å². The van der Waals surface area contributed by atoms with Crippen molar-refractivity contribution in [3.05, 3.63) is 82.0 Å². The predicted molar refractivity (Wildman–Crippen MR) is 197 cm³/mol. The number of hydrogen-bond donors (Lipinski definition) is 7. The number of ether oxygens (including phenoxy) is 8. The lowest BCUT2D eigenvalue weighted by Crippen LogP contribution is -2.63. The molecule has 4 fully saturated rings. The molecule has 19 atom stereocenters. The fraction of sp³-hybridized carbons (Fsp3) is 0.806. The lowest BCUT2D eigenvalue weighted by atomic mass is 9.84. The second-order valence-electron chi connectivity index (χ2n) is 14.0. The first-order valence-electron chi connectivity index (χ1n) is 18.5. The normalized spacial score (nSPS) is 39.6. The topological polar surface area (TPSA) is 459 Å². The molecule has 4 aliphatic rings. The maximum atomic E-state index is 11.5. The maximum Gasteiger partial charge on any atom is 0.187 e. The summed E-state index contributed by atoms with van der Waals surface area (Å²) in [5, 5.41) is 94.0. The van der Waals surface area contributed by atoms with Crippen LogP contribution in [0.2, 0.25) is 0 Å². The van der Waals surface area contributed by atoms with Crippen molar-refractivity contribution in [1.82, 2.24) is 0 Å². The fourth-order valence-corrected chi connectivity index (χ4v) is 7.38. The van der Waals surface area contributed by atoms with E-state index in [-0.39, 0.29) is 13.0 Å². The predicted octanol–water partition coefficient (Wildman–Crippen LogP) is 0.129. The Kier molecular flexibility index (Phi) is 17.1. The highest BCUT2D eigenvalue weighted by Crippen LogP contribution is 2.38. The summed E-state index contributed by atoms with van der Waals surface area (Å²) in [6, 6.07) is 0.731. The Morgan fingerprint density at radius 1 is 0.590 bits per heavy atom. The van der Waals surface area contributed by atoms with Gasteiger partial charge in [-0.2, -0.15) is 0 Å². The van der Waals surface area contributed by atoms with Gasteiger partial charge in [0.05, 0.1) is 76.1 Å². The number of benzene rings is 1. The molecule has 3 aliphatic heterocycles. The van der Waals surface area contributed by atoms with Crippen LogP contribution in [0.3, 0.4) is 0 Å². The summed E-state index contributed by atoms with van der Waals surface area (Å²) >= 11 is 0. The minimum atomic E-state index is -1.93. The third-order valence-electron chi connectivity index (χ3n) is 10.4. The summed E-state index contributed by atoms with van der Waals surface area (Å²) < 4.78 is 46.5. The Labute approximate surface area is 343 Å². The van der Waals surface area contributed by atoms with Crippen molar-refractivity contribution in [3.8, 4) is 5.75 Å². The summed E-state index contributed by atoms with van der Waals surface area (Å²) in [6.45, 7) is -2.21. The van der Waals surface area contributed by atoms with Gasteiger partial charge in [0, 0.05) is 24.6 Å². The molecule has 1 aromatic carbocycles. The second kappa shape index (κ2) is 22.2. The van der Waals surface area contributed by atoms with Gasteiger partial charge in [0.2, 0.25) is 0 Å². The second-order valence-corrected chi connectivity index (χ2v) is 14.0. The summed E-state index contributed by atoms with van der Waals surface area (Å²) in [5.74, 6) is 0.575. The van der Waals surface area contributed by atoms with Gasteiger partial charge in [-0.3, -0.25) is 0 Å². The first-order valence-corrected chi connectivity index (χ1v) is 18.5. The zero-order valence-corrected chi connectivity index (χ0v) is 31.9. The highest BCUT2D eigenvalue weighted by atomic mass is 16.8. The molecule has 61 heavy (non-hydrogen) atoms. The lowest BCUT2D eigenvalue weighted by molar-refractivity contribution is -0.314. The van der Waals surface area contributed by atoms with Gasteiger partial charge in [0.15, 0.2) is 18.9 Å². The molecule has 332 valence electrons. The van der Waals surface area contributed by atoms with Crippen LogP contribution in [-0.4, -0.2) is 179 Å². The molecule has 1 aliphatic carbocycles. The van der Waals surface area contributed by atoms with E-state index < -0.39 is 136 Å². The van der Waals surface area contributed by atoms with Crippen LogP contribution in [0.1, 0.15) is 12.0 Å². The number of rotatable bonds is 18. The average molecular weight is 866 g/mol. The Morgan fingerprint density at radius 2 is 1.13 bits per heavy atom. The smallest absolute Gasteiger partial charge is 0.187 e.